The van der Waals surface area contributed by atoms with Crippen LogP contribution in [0.2, 0.25) is 0 Å². The Balaban J connectivity index is 1.49. The lowest BCUT2D eigenvalue weighted by Gasteiger charge is -2.12. The number of ether oxygens (including phenoxy) is 2. The molecule has 2 aliphatic rings. The van der Waals surface area contributed by atoms with Crippen LogP contribution in [-0.4, -0.2) is 31.1 Å². The Labute approximate surface area is 174 Å². The molecule has 2 aromatic rings. The molecule has 1 aromatic carbocycles. The number of fused-ring (bicyclic) bond motifs is 1. The van der Waals surface area contributed by atoms with Gasteiger partial charge in [-0.25, -0.2) is 0 Å². The molecular formula is C22H26N2O4S. The highest BCUT2D eigenvalue weighted by Gasteiger charge is 2.24. The second kappa shape index (κ2) is 8.97. The molecule has 0 bridgehead atoms. The number of thiophene rings is 1. The first-order chi connectivity index (χ1) is 14.1. The SMILES string of the molecule is NC(=O)c1c(NC(=O)c2cccc(OCC3CCCO3)c2)sc2c1CCCCC2. The minimum atomic E-state index is -0.478. The summed E-state index contributed by atoms with van der Waals surface area (Å²) >= 11 is 1.48. The predicted molar refractivity (Wildman–Crippen MR) is 113 cm³/mol. The fourth-order valence-electron chi connectivity index (χ4n) is 3.96. The normalized spacial score (nSPS) is 18.7. The van der Waals surface area contributed by atoms with Gasteiger partial charge in [-0.2, -0.15) is 0 Å². The van der Waals surface area contributed by atoms with E-state index < -0.39 is 5.91 Å². The first-order valence-electron chi connectivity index (χ1n) is 10.2. The van der Waals surface area contributed by atoms with Crippen molar-refractivity contribution < 1.29 is 19.1 Å². The molecule has 1 atom stereocenters. The molecule has 1 aliphatic carbocycles. The van der Waals surface area contributed by atoms with E-state index in [-0.39, 0.29) is 12.0 Å². The first kappa shape index (κ1) is 19.9. The number of primary amides is 1. The minimum Gasteiger partial charge on any atom is -0.491 e. The quantitative estimate of drug-likeness (QED) is 0.701. The van der Waals surface area contributed by atoms with Crippen molar-refractivity contribution in [3.05, 3.63) is 45.8 Å². The van der Waals surface area contributed by atoms with Gasteiger partial charge in [-0.05, 0) is 62.3 Å². The third-order valence-electron chi connectivity index (χ3n) is 5.45. The van der Waals surface area contributed by atoms with Crippen molar-refractivity contribution in [2.24, 2.45) is 5.73 Å². The molecule has 0 spiro atoms. The molecular weight excluding hydrogens is 388 g/mol. The van der Waals surface area contributed by atoms with Gasteiger partial charge in [0.25, 0.3) is 11.8 Å². The molecule has 1 fully saturated rings. The number of carbonyl (C=O) groups is 2. The Morgan fingerprint density at radius 3 is 2.86 bits per heavy atom. The molecule has 7 heteroatoms. The van der Waals surface area contributed by atoms with Crippen LogP contribution in [0.25, 0.3) is 0 Å². The fourth-order valence-corrected chi connectivity index (χ4v) is 5.25. The van der Waals surface area contributed by atoms with Crippen molar-refractivity contribution in [1.82, 2.24) is 0 Å². The van der Waals surface area contributed by atoms with Gasteiger partial charge in [0, 0.05) is 17.0 Å². The lowest BCUT2D eigenvalue weighted by Crippen LogP contribution is -2.18. The molecule has 4 rings (SSSR count). The maximum absolute atomic E-state index is 12.8. The Kier molecular flexibility index (Phi) is 6.16. The van der Waals surface area contributed by atoms with Gasteiger partial charge in [-0.1, -0.05) is 12.5 Å². The number of anilines is 1. The number of nitrogens with one attached hydrogen (secondary N) is 1. The van der Waals surface area contributed by atoms with E-state index in [1.54, 1.807) is 18.2 Å². The number of hydrogen-bond donors (Lipinski definition) is 2. The van der Waals surface area contributed by atoms with Crippen LogP contribution in [0.1, 0.15) is 63.3 Å². The van der Waals surface area contributed by atoms with E-state index >= 15 is 0 Å². The van der Waals surface area contributed by atoms with E-state index in [0.717, 1.165) is 57.1 Å². The van der Waals surface area contributed by atoms with Gasteiger partial charge in [-0.3, -0.25) is 9.59 Å². The van der Waals surface area contributed by atoms with Crippen LogP contribution in [-0.2, 0) is 17.6 Å². The van der Waals surface area contributed by atoms with Gasteiger partial charge < -0.3 is 20.5 Å². The van der Waals surface area contributed by atoms with E-state index in [1.807, 2.05) is 6.07 Å². The number of rotatable bonds is 6. The molecule has 1 aliphatic heterocycles. The van der Waals surface area contributed by atoms with Crippen LogP contribution in [0.3, 0.4) is 0 Å². The largest absolute Gasteiger partial charge is 0.491 e. The zero-order valence-electron chi connectivity index (χ0n) is 16.4. The topological polar surface area (TPSA) is 90.7 Å². The Morgan fingerprint density at radius 2 is 2.07 bits per heavy atom. The van der Waals surface area contributed by atoms with Crippen LogP contribution < -0.4 is 15.8 Å². The first-order valence-corrected chi connectivity index (χ1v) is 11.0. The third kappa shape index (κ3) is 4.62. The fraction of sp³-hybridized carbons (Fsp3) is 0.455. The van der Waals surface area contributed by atoms with Gasteiger partial charge in [0.05, 0.1) is 11.7 Å². The Hall–Kier alpha value is -2.38. The Morgan fingerprint density at radius 1 is 1.21 bits per heavy atom. The number of carbonyl (C=O) groups excluding carboxylic acids is 2. The number of nitrogens with two attached hydrogens (primary N) is 1. The summed E-state index contributed by atoms with van der Waals surface area (Å²) in [5, 5.41) is 3.46. The molecule has 29 heavy (non-hydrogen) atoms. The van der Waals surface area contributed by atoms with E-state index in [4.69, 9.17) is 15.2 Å². The molecule has 6 nitrogen and oxygen atoms in total. The lowest BCUT2D eigenvalue weighted by molar-refractivity contribution is 0.0679. The van der Waals surface area contributed by atoms with Gasteiger partial charge in [-0.15, -0.1) is 11.3 Å². The van der Waals surface area contributed by atoms with Crippen LogP contribution >= 0.6 is 11.3 Å². The highest BCUT2D eigenvalue weighted by Crippen LogP contribution is 2.37. The van der Waals surface area contributed by atoms with Gasteiger partial charge in [0.2, 0.25) is 0 Å². The summed E-state index contributed by atoms with van der Waals surface area (Å²) in [7, 11) is 0. The summed E-state index contributed by atoms with van der Waals surface area (Å²) < 4.78 is 11.4. The summed E-state index contributed by atoms with van der Waals surface area (Å²) in [6, 6.07) is 7.07. The summed E-state index contributed by atoms with van der Waals surface area (Å²) in [5.41, 5.74) is 7.63. The third-order valence-corrected chi connectivity index (χ3v) is 6.66. The van der Waals surface area contributed by atoms with Crippen molar-refractivity contribution in [1.29, 1.82) is 0 Å². The summed E-state index contributed by atoms with van der Waals surface area (Å²) in [4.78, 5) is 26.1. The van der Waals surface area contributed by atoms with Crippen molar-refractivity contribution >= 4 is 28.2 Å². The zero-order chi connectivity index (χ0) is 20.2. The lowest BCUT2D eigenvalue weighted by atomic mass is 10.1. The predicted octanol–water partition coefficient (Wildman–Crippen LogP) is 3.93. The molecule has 0 saturated carbocycles. The average molecular weight is 415 g/mol. The maximum Gasteiger partial charge on any atom is 0.256 e. The van der Waals surface area contributed by atoms with Crippen molar-refractivity contribution in [3.8, 4) is 5.75 Å². The van der Waals surface area contributed by atoms with Gasteiger partial charge in [0.15, 0.2) is 0 Å². The van der Waals surface area contributed by atoms with Crippen LogP contribution in [0.4, 0.5) is 5.00 Å². The molecule has 0 radical (unpaired) electrons. The molecule has 2 heterocycles. The monoisotopic (exact) mass is 414 g/mol. The van der Waals surface area contributed by atoms with Crippen molar-refractivity contribution in [2.75, 3.05) is 18.5 Å². The second-order valence-electron chi connectivity index (χ2n) is 7.56. The van der Waals surface area contributed by atoms with Crippen LogP contribution in [0, 0.1) is 0 Å². The molecule has 2 amide bonds. The summed E-state index contributed by atoms with van der Waals surface area (Å²) in [6.07, 6.45) is 7.25. The van der Waals surface area contributed by atoms with Gasteiger partial charge in [0.1, 0.15) is 17.4 Å². The number of benzene rings is 1. The molecule has 1 unspecified atom stereocenters. The van der Waals surface area contributed by atoms with Gasteiger partial charge >= 0.3 is 0 Å². The molecule has 1 saturated heterocycles. The molecule has 1 aromatic heterocycles. The highest BCUT2D eigenvalue weighted by molar-refractivity contribution is 7.17. The van der Waals surface area contributed by atoms with Crippen LogP contribution in [0.5, 0.6) is 5.75 Å². The number of amides is 2. The van der Waals surface area contributed by atoms with E-state index in [9.17, 15) is 9.59 Å². The summed E-state index contributed by atoms with van der Waals surface area (Å²) in [5.74, 6) is -0.120. The molecule has 154 valence electrons. The Bertz CT molecular complexity index is 902. The summed E-state index contributed by atoms with van der Waals surface area (Å²) in [6.45, 7) is 1.26. The van der Waals surface area contributed by atoms with Crippen LogP contribution in [0.15, 0.2) is 24.3 Å². The smallest absolute Gasteiger partial charge is 0.256 e. The number of hydrogen-bond acceptors (Lipinski definition) is 5. The maximum atomic E-state index is 12.8. The number of aryl methyl sites for hydroxylation is 1. The van der Waals surface area contributed by atoms with E-state index in [1.165, 1.54) is 16.2 Å². The van der Waals surface area contributed by atoms with Crippen molar-refractivity contribution in [2.45, 2.75) is 51.0 Å². The van der Waals surface area contributed by atoms with E-state index in [2.05, 4.69) is 5.32 Å². The molecule has 3 N–H and O–H groups in total. The minimum absolute atomic E-state index is 0.118. The van der Waals surface area contributed by atoms with E-state index in [0.29, 0.717) is 28.5 Å². The standard InChI is InChI=1S/C22H26N2O4S/c23-20(25)19-17-9-2-1-3-10-18(17)29-22(19)24-21(26)14-6-4-7-15(12-14)28-13-16-8-5-11-27-16/h4,6-7,12,16H,1-3,5,8-11,13H2,(H2,23,25)(H,24,26). The zero-order valence-corrected chi connectivity index (χ0v) is 17.2. The average Bonchev–Trinajstić information content (AvgIpc) is 3.29. The van der Waals surface area contributed by atoms with Crippen molar-refractivity contribution in [3.63, 3.8) is 0 Å². The second-order valence-corrected chi connectivity index (χ2v) is 8.67. The highest BCUT2D eigenvalue weighted by atomic mass is 32.1.